The maximum Gasteiger partial charge on any atom is 0.262 e. The van der Waals surface area contributed by atoms with Crippen LogP contribution in [0, 0.1) is 0 Å². The number of hydrogen-bond donors (Lipinski definition) is 0. The first-order valence-electron chi connectivity index (χ1n) is 9.68. The number of rotatable bonds is 6. The van der Waals surface area contributed by atoms with E-state index in [1.54, 1.807) is 16.3 Å². The van der Waals surface area contributed by atoms with Gasteiger partial charge < -0.3 is 4.40 Å². The fourth-order valence-corrected chi connectivity index (χ4v) is 4.36. The number of aryl methyl sites for hydroxylation is 1. The molecule has 5 aromatic rings. The van der Waals surface area contributed by atoms with Gasteiger partial charge in [0, 0.05) is 24.7 Å². The van der Waals surface area contributed by atoms with Gasteiger partial charge in [-0.2, -0.15) is 0 Å². The van der Waals surface area contributed by atoms with E-state index in [0.29, 0.717) is 23.5 Å². The maximum absolute atomic E-state index is 13.0. The van der Waals surface area contributed by atoms with Crippen LogP contribution >= 0.6 is 11.8 Å². The van der Waals surface area contributed by atoms with Crippen molar-refractivity contribution in [2.45, 2.75) is 37.2 Å². The van der Waals surface area contributed by atoms with E-state index in [4.69, 9.17) is 0 Å². The molecule has 0 atom stereocenters. The highest BCUT2D eigenvalue weighted by atomic mass is 32.2. The molecule has 0 saturated carbocycles. The predicted octanol–water partition coefficient (Wildman–Crippen LogP) is 3.78. The van der Waals surface area contributed by atoms with E-state index in [1.807, 2.05) is 63.7 Å². The van der Waals surface area contributed by atoms with Crippen molar-refractivity contribution in [1.82, 2.24) is 28.5 Å². The van der Waals surface area contributed by atoms with E-state index in [1.165, 1.54) is 0 Å². The monoisotopic (exact) mass is 404 g/mol. The van der Waals surface area contributed by atoms with Crippen LogP contribution in [-0.4, -0.2) is 28.5 Å². The number of nitrogens with zero attached hydrogens (tertiary/aromatic N) is 6. The first-order valence-corrected chi connectivity index (χ1v) is 10.7. The van der Waals surface area contributed by atoms with E-state index in [-0.39, 0.29) is 5.56 Å². The van der Waals surface area contributed by atoms with Crippen LogP contribution < -0.4 is 5.56 Å². The zero-order valence-corrected chi connectivity index (χ0v) is 16.8. The van der Waals surface area contributed by atoms with Crippen LogP contribution in [0.25, 0.3) is 22.3 Å². The summed E-state index contributed by atoms with van der Waals surface area (Å²) in [7, 11) is 0. The first kappa shape index (κ1) is 17.9. The number of pyridine rings is 1. The van der Waals surface area contributed by atoms with Crippen molar-refractivity contribution in [2.24, 2.45) is 0 Å². The summed E-state index contributed by atoms with van der Waals surface area (Å²) < 4.78 is 5.75. The predicted molar refractivity (Wildman–Crippen MR) is 114 cm³/mol. The number of imidazole rings is 1. The van der Waals surface area contributed by atoms with Crippen molar-refractivity contribution < 1.29 is 0 Å². The molecule has 1 aromatic carbocycles. The van der Waals surface area contributed by atoms with Gasteiger partial charge in [-0.1, -0.05) is 43.3 Å². The maximum atomic E-state index is 13.0. The lowest BCUT2D eigenvalue weighted by atomic mass is 10.2. The summed E-state index contributed by atoms with van der Waals surface area (Å²) in [5, 5.41) is 10.2. The number of benzene rings is 1. The quantitative estimate of drug-likeness (QED) is 0.403. The summed E-state index contributed by atoms with van der Waals surface area (Å²) in [5.41, 5.74) is 2.73. The number of aromatic nitrogens is 6. The molecule has 0 radical (unpaired) electrons. The highest BCUT2D eigenvalue weighted by molar-refractivity contribution is 7.98. The Morgan fingerprint density at radius 2 is 1.93 bits per heavy atom. The number of unbranched alkanes of at least 4 members (excludes halogenated alkanes) is 1. The zero-order chi connectivity index (χ0) is 19.8. The minimum absolute atomic E-state index is 0.00847. The van der Waals surface area contributed by atoms with Crippen molar-refractivity contribution in [1.29, 1.82) is 0 Å². The largest absolute Gasteiger partial charge is 0.307 e. The van der Waals surface area contributed by atoms with Gasteiger partial charge in [-0.3, -0.25) is 13.8 Å². The van der Waals surface area contributed by atoms with Crippen LogP contribution in [-0.2, 0) is 12.3 Å². The molecule has 0 saturated heterocycles. The highest BCUT2D eigenvalue weighted by Gasteiger charge is 2.17. The van der Waals surface area contributed by atoms with Crippen molar-refractivity contribution in [3.63, 3.8) is 0 Å². The summed E-state index contributed by atoms with van der Waals surface area (Å²) >= 11 is 1.58. The number of thioether (sulfide) groups is 1. The van der Waals surface area contributed by atoms with Crippen LogP contribution in [0.3, 0.4) is 0 Å². The molecule has 0 N–H and O–H groups in total. The second kappa shape index (κ2) is 7.36. The van der Waals surface area contributed by atoms with Gasteiger partial charge in [0.2, 0.25) is 5.78 Å². The molecule has 0 fully saturated rings. The molecule has 0 aliphatic rings. The summed E-state index contributed by atoms with van der Waals surface area (Å²) in [5.74, 6) is 1.27. The molecule has 0 unspecified atom stereocenters. The van der Waals surface area contributed by atoms with Crippen molar-refractivity contribution in [2.75, 3.05) is 0 Å². The Kier molecular flexibility index (Phi) is 4.55. The Hall–Kier alpha value is -3.13. The molecule has 0 bridgehead atoms. The van der Waals surface area contributed by atoms with Gasteiger partial charge in [0.15, 0.2) is 5.16 Å². The van der Waals surface area contributed by atoms with Crippen LogP contribution in [0.1, 0.15) is 25.5 Å². The van der Waals surface area contributed by atoms with Gasteiger partial charge in [0.1, 0.15) is 5.65 Å². The van der Waals surface area contributed by atoms with E-state index < -0.39 is 0 Å². The van der Waals surface area contributed by atoms with Crippen LogP contribution in [0.15, 0.2) is 64.8 Å². The third kappa shape index (κ3) is 3.09. The normalized spacial score (nSPS) is 11.8. The van der Waals surface area contributed by atoms with Gasteiger partial charge in [0.05, 0.1) is 16.6 Å². The molecule has 0 aliphatic carbocycles. The standard InChI is InChI=1S/C21H20N6OS/c1-2-3-12-26-19(28)16-8-4-5-9-17(16)27-20(26)23-24-21(27)29-14-15-13-25-11-7-6-10-18(25)22-15/h4-11,13H,2-3,12,14H2,1H3. The average molecular weight is 404 g/mol. The lowest BCUT2D eigenvalue weighted by Gasteiger charge is -2.10. The first-order chi connectivity index (χ1) is 14.3. The zero-order valence-electron chi connectivity index (χ0n) is 16.0. The number of para-hydroxylation sites is 1. The average Bonchev–Trinajstić information content (AvgIpc) is 3.36. The molecule has 7 nitrogen and oxygen atoms in total. The van der Waals surface area contributed by atoms with Gasteiger partial charge in [0.25, 0.3) is 5.56 Å². The summed E-state index contributed by atoms with van der Waals surface area (Å²) in [6, 6.07) is 13.6. The fourth-order valence-electron chi connectivity index (χ4n) is 3.54. The molecule has 0 amide bonds. The van der Waals surface area contributed by atoms with Crippen molar-refractivity contribution in [3.05, 3.63) is 70.9 Å². The van der Waals surface area contributed by atoms with Crippen LogP contribution in [0.4, 0.5) is 0 Å². The van der Waals surface area contributed by atoms with Crippen molar-refractivity contribution >= 4 is 34.1 Å². The Morgan fingerprint density at radius 1 is 1.07 bits per heavy atom. The smallest absolute Gasteiger partial charge is 0.262 e. The minimum Gasteiger partial charge on any atom is -0.307 e. The van der Waals surface area contributed by atoms with E-state index >= 15 is 0 Å². The summed E-state index contributed by atoms with van der Waals surface area (Å²) in [6.07, 6.45) is 5.95. The minimum atomic E-state index is -0.00847. The topological polar surface area (TPSA) is 69.5 Å². The summed E-state index contributed by atoms with van der Waals surface area (Å²) in [6.45, 7) is 2.75. The molecular weight excluding hydrogens is 384 g/mol. The molecule has 4 aromatic heterocycles. The third-order valence-corrected chi connectivity index (χ3v) is 5.94. The lowest BCUT2D eigenvalue weighted by molar-refractivity contribution is 0.620. The van der Waals surface area contributed by atoms with Gasteiger partial charge in [-0.25, -0.2) is 4.98 Å². The van der Waals surface area contributed by atoms with E-state index in [2.05, 4.69) is 22.1 Å². The van der Waals surface area contributed by atoms with E-state index in [0.717, 1.165) is 34.9 Å². The second-order valence-corrected chi connectivity index (χ2v) is 7.87. The molecule has 8 heteroatoms. The molecule has 5 rings (SSSR count). The Balaban J connectivity index is 1.59. The fraction of sp³-hybridized carbons (Fsp3) is 0.238. The number of fused-ring (bicyclic) bond motifs is 4. The summed E-state index contributed by atoms with van der Waals surface area (Å²) in [4.78, 5) is 17.7. The van der Waals surface area contributed by atoms with Crippen molar-refractivity contribution in [3.8, 4) is 0 Å². The van der Waals surface area contributed by atoms with Crippen LogP contribution in [0.2, 0.25) is 0 Å². The Morgan fingerprint density at radius 3 is 2.79 bits per heavy atom. The Labute approximate surface area is 171 Å². The second-order valence-electron chi connectivity index (χ2n) is 6.93. The molecule has 4 heterocycles. The molecule has 146 valence electrons. The van der Waals surface area contributed by atoms with Gasteiger partial charge in [-0.05, 0) is 30.7 Å². The van der Waals surface area contributed by atoms with E-state index in [9.17, 15) is 4.79 Å². The lowest BCUT2D eigenvalue weighted by Crippen LogP contribution is -2.23. The van der Waals surface area contributed by atoms with Gasteiger partial charge in [-0.15, -0.1) is 10.2 Å². The Bertz CT molecular complexity index is 1350. The third-order valence-electron chi connectivity index (χ3n) is 4.98. The SMILES string of the molecule is CCCCn1c(=O)c2ccccc2n2c(SCc3cn4ccccc4n3)nnc12. The molecule has 29 heavy (non-hydrogen) atoms. The van der Waals surface area contributed by atoms with Crippen LogP contribution in [0.5, 0.6) is 0 Å². The molecule has 0 spiro atoms. The number of hydrogen-bond acceptors (Lipinski definition) is 5. The molecule has 0 aliphatic heterocycles. The van der Waals surface area contributed by atoms with Gasteiger partial charge >= 0.3 is 0 Å². The highest BCUT2D eigenvalue weighted by Crippen LogP contribution is 2.24. The molecular formula is C21H20N6OS.